The lowest BCUT2D eigenvalue weighted by molar-refractivity contribution is -0.117. The molecule has 84 valence electrons. The van der Waals surface area contributed by atoms with Gasteiger partial charge in [-0.05, 0) is 26.2 Å². The van der Waals surface area contributed by atoms with Gasteiger partial charge in [0.05, 0.1) is 0 Å². The molecule has 0 aliphatic carbocycles. The van der Waals surface area contributed by atoms with E-state index in [-0.39, 0.29) is 5.78 Å². The van der Waals surface area contributed by atoms with Crippen LogP contribution >= 0.6 is 34.8 Å². The lowest BCUT2D eigenvalue weighted by Gasteiger charge is -2.09. The second kappa shape index (κ2) is 7.78. The van der Waals surface area contributed by atoms with E-state index in [1.165, 1.54) is 0 Å². The summed E-state index contributed by atoms with van der Waals surface area (Å²) in [6, 6.07) is 0. The van der Waals surface area contributed by atoms with Gasteiger partial charge in [-0.15, -0.1) is 0 Å². The van der Waals surface area contributed by atoms with Crippen molar-refractivity contribution in [3.05, 3.63) is 0 Å². The molecule has 0 unspecified atom stereocenters. The third-order valence-electron chi connectivity index (χ3n) is 1.99. The first kappa shape index (κ1) is 14.5. The lowest BCUT2D eigenvalue weighted by atomic mass is 10.1. The zero-order valence-electron chi connectivity index (χ0n) is 8.49. The van der Waals surface area contributed by atoms with E-state index in [2.05, 4.69) is 0 Å². The number of carbonyl (C=O) groups excluding carboxylic acids is 1. The van der Waals surface area contributed by atoms with Gasteiger partial charge in [-0.3, -0.25) is 0 Å². The van der Waals surface area contributed by atoms with Crippen LogP contribution in [0.25, 0.3) is 0 Å². The Bertz CT molecular complexity index is 163. The Morgan fingerprint density at radius 3 is 2.00 bits per heavy atom. The smallest absolute Gasteiger partial charge is 0.190 e. The fourth-order valence-electron chi connectivity index (χ4n) is 1.23. The number of alkyl halides is 3. The highest BCUT2D eigenvalue weighted by Gasteiger charge is 2.17. The summed E-state index contributed by atoms with van der Waals surface area (Å²) in [5, 5.41) is 0. The molecule has 0 spiro atoms. The summed E-state index contributed by atoms with van der Waals surface area (Å²) in [6.07, 6.45) is 6.54. The van der Waals surface area contributed by atoms with Gasteiger partial charge in [0.1, 0.15) is 5.78 Å². The molecule has 0 radical (unpaired) electrons. The standard InChI is InChI=1S/C10H17Cl3O/c1-9(14)7-5-3-2-4-6-8-10(11,12)13/h2-8H2,1H3. The molecule has 0 fully saturated rings. The SMILES string of the molecule is CC(=O)CCCCCCCC(Cl)(Cl)Cl. The van der Waals surface area contributed by atoms with Gasteiger partial charge in [-0.1, -0.05) is 54.1 Å². The second-order valence-electron chi connectivity index (χ2n) is 3.58. The number of hydrogen-bond donors (Lipinski definition) is 0. The van der Waals surface area contributed by atoms with Gasteiger partial charge < -0.3 is 4.79 Å². The minimum Gasteiger partial charge on any atom is -0.300 e. The highest BCUT2D eigenvalue weighted by molar-refractivity contribution is 6.67. The molecule has 0 aliphatic heterocycles. The fraction of sp³-hybridized carbons (Fsp3) is 0.900. The Morgan fingerprint density at radius 1 is 1.00 bits per heavy atom. The molecule has 0 saturated carbocycles. The van der Waals surface area contributed by atoms with Crippen LogP contribution < -0.4 is 0 Å². The fourth-order valence-corrected chi connectivity index (χ4v) is 1.63. The molecule has 0 saturated heterocycles. The summed E-state index contributed by atoms with van der Waals surface area (Å²) in [4.78, 5) is 10.6. The van der Waals surface area contributed by atoms with E-state index in [1.54, 1.807) is 6.92 Å². The van der Waals surface area contributed by atoms with Crippen LogP contribution in [0.5, 0.6) is 0 Å². The number of Topliss-reactive ketones (excluding diaryl/α,β-unsaturated/α-hetero) is 1. The van der Waals surface area contributed by atoms with Crippen LogP contribution in [-0.2, 0) is 4.79 Å². The number of unbranched alkanes of at least 4 members (excludes halogenated alkanes) is 4. The van der Waals surface area contributed by atoms with Gasteiger partial charge in [0.25, 0.3) is 0 Å². The Kier molecular flexibility index (Phi) is 8.08. The minimum atomic E-state index is -1.10. The predicted molar refractivity (Wildman–Crippen MR) is 63.3 cm³/mol. The summed E-state index contributed by atoms with van der Waals surface area (Å²) in [5.74, 6) is 0.270. The quantitative estimate of drug-likeness (QED) is 0.479. The molecule has 0 aromatic heterocycles. The zero-order valence-corrected chi connectivity index (χ0v) is 10.8. The minimum absolute atomic E-state index is 0.270. The van der Waals surface area contributed by atoms with E-state index in [1.807, 2.05) is 0 Å². The topological polar surface area (TPSA) is 17.1 Å². The van der Waals surface area contributed by atoms with E-state index < -0.39 is 3.79 Å². The van der Waals surface area contributed by atoms with Crippen LogP contribution in [0.3, 0.4) is 0 Å². The second-order valence-corrected chi connectivity index (χ2v) is 6.10. The maximum Gasteiger partial charge on any atom is 0.190 e. The van der Waals surface area contributed by atoms with Crippen LogP contribution in [0.15, 0.2) is 0 Å². The zero-order chi connectivity index (χ0) is 11.0. The number of halogens is 3. The van der Waals surface area contributed by atoms with Crippen molar-refractivity contribution in [2.45, 2.75) is 55.7 Å². The number of hydrogen-bond acceptors (Lipinski definition) is 1. The monoisotopic (exact) mass is 258 g/mol. The lowest BCUT2D eigenvalue weighted by Crippen LogP contribution is -2.00. The van der Waals surface area contributed by atoms with Gasteiger partial charge in [-0.2, -0.15) is 0 Å². The predicted octanol–water partition coefficient (Wildman–Crippen LogP) is 4.68. The van der Waals surface area contributed by atoms with Crippen molar-refractivity contribution < 1.29 is 4.79 Å². The van der Waals surface area contributed by atoms with Crippen LogP contribution in [0.1, 0.15) is 51.9 Å². The molecule has 0 rings (SSSR count). The summed E-state index contributed by atoms with van der Waals surface area (Å²) in [5.41, 5.74) is 0. The van der Waals surface area contributed by atoms with Crippen molar-refractivity contribution >= 4 is 40.6 Å². The van der Waals surface area contributed by atoms with Crippen molar-refractivity contribution in [2.75, 3.05) is 0 Å². The van der Waals surface area contributed by atoms with Gasteiger partial charge >= 0.3 is 0 Å². The van der Waals surface area contributed by atoms with Crippen LogP contribution in [0.4, 0.5) is 0 Å². The van der Waals surface area contributed by atoms with Crippen molar-refractivity contribution in [1.29, 1.82) is 0 Å². The highest BCUT2D eigenvalue weighted by Crippen LogP contribution is 2.32. The van der Waals surface area contributed by atoms with E-state index in [4.69, 9.17) is 34.8 Å². The third kappa shape index (κ3) is 12.5. The van der Waals surface area contributed by atoms with E-state index in [9.17, 15) is 4.79 Å². The van der Waals surface area contributed by atoms with Gasteiger partial charge in [0.2, 0.25) is 0 Å². The Morgan fingerprint density at radius 2 is 1.50 bits per heavy atom. The Labute approximate surface area is 101 Å². The van der Waals surface area contributed by atoms with E-state index >= 15 is 0 Å². The first-order valence-corrected chi connectivity index (χ1v) is 6.11. The molecule has 14 heavy (non-hydrogen) atoms. The van der Waals surface area contributed by atoms with Crippen LogP contribution in [0, 0.1) is 0 Å². The third-order valence-corrected chi connectivity index (χ3v) is 2.56. The van der Waals surface area contributed by atoms with Crippen molar-refractivity contribution in [2.24, 2.45) is 0 Å². The molecule has 0 aromatic carbocycles. The number of ketones is 1. The molecule has 0 bridgehead atoms. The molecule has 0 atom stereocenters. The average Bonchev–Trinajstić information content (AvgIpc) is 2.00. The normalized spacial score (nSPS) is 11.7. The van der Waals surface area contributed by atoms with Gasteiger partial charge in [0.15, 0.2) is 3.79 Å². The molecular formula is C10H17Cl3O. The van der Waals surface area contributed by atoms with Crippen molar-refractivity contribution in [3.63, 3.8) is 0 Å². The number of carbonyl (C=O) groups is 1. The highest BCUT2D eigenvalue weighted by atomic mass is 35.6. The molecule has 0 heterocycles. The first-order valence-electron chi connectivity index (χ1n) is 4.98. The van der Waals surface area contributed by atoms with Gasteiger partial charge in [-0.25, -0.2) is 0 Å². The Hall–Kier alpha value is 0.540. The molecular weight excluding hydrogens is 242 g/mol. The molecule has 4 heteroatoms. The summed E-state index contributed by atoms with van der Waals surface area (Å²) >= 11 is 16.8. The maximum atomic E-state index is 10.6. The summed E-state index contributed by atoms with van der Waals surface area (Å²) in [7, 11) is 0. The first-order chi connectivity index (χ1) is 6.42. The van der Waals surface area contributed by atoms with Crippen LogP contribution in [-0.4, -0.2) is 9.58 Å². The van der Waals surface area contributed by atoms with Crippen LogP contribution in [0.2, 0.25) is 0 Å². The Balaban J connectivity index is 3.11. The molecule has 0 aliphatic rings. The summed E-state index contributed by atoms with van der Waals surface area (Å²) in [6.45, 7) is 1.63. The molecule has 0 aromatic rings. The van der Waals surface area contributed by atoms with Gasteiger partial charge in [0, 0.05) is 6.42 Å². The number of rotatable bonds is 7. The summed E-state index contributed by atoms with van der Waals surface area (Å²) < 4.78 is -1.10. The maximum absolute atomic E-state index is 10.6. The van der Waals surface area contributed by atoms with Crippen molar-refractivity contribution in [3.8, 4) is 0 Å². The largest absolute Gasteiger partial charge is 0.300 e. The molecule has 1 nitrogen and oxygen atoms in total. The van der Waals surface area contributed by atoms with E-state index in [0.29, 0.717) is 12.8 Å². The molecule has 0 N–H and O–H groups in total. The van der Waals surface area contributed by atoms with Crippen molar-refractivity contribution in [1.82, 2.24) is 0 Å². The van der Waals surface area contributed by atoms with E-state index in [0.717, 1.165) is 32.1 Å². The molecule has 0 amide bonds. The average molecular weight is 260 g/mol.